The average Bonchev–Trinajstić information content (AvgIpc) is 2.98. The van der Waals surface area contributed by atoms with E-state index in [2.05, 4.69) is 20.7 Å². The van der Waals surface area contributed by atoms with Crippen LogP contribution in [-0.4, -0.2) is 53.7 Å². The van der Waals surface area contributed by atoms with Gasteiger partial charge >= 0.3 is 6.18 Å². The lowest BCUT2D eigenvalue weighted by molar-refractivity contribution is -0.142. The minimum absolute atomic E-state index is 0.00642. The molecule has 0 spiro atoms. The number of nitrogens with zero attached hydrogens (tertiary/aromatic N) is 4. The van der Waals surface area contributed by atoms with E-state index in [-0.39, 0.29) is 18.0 Å². The number of hydrogen-bond acceptors (Lipinski definition) is 3. The number of aromatic nitrogens is 2. The van der Waals surface area contributed by atoms with Crippen LogP contribution in [0.4, 0.5) is 13.2 Å². The van der Waals surface area contributed by atoms with Gasteiger partial charge in [0.25, 0.3) is 0 Å². The van der Waals surface area contributed by atoms with Gasteiger partial charge in [0.1, 0.15) is 0 Å². The zero-order valence-corrected chi connectivity index (χ0v) is 15.2. The summed E-state index contributed by atoms with van der Waals surface area (Å²) in [5, 5.41) is 9.12. The molecule has 0 radical (unpaired) electrons. The molecule has 1 saturated heterocycles. The minimum Gasteiger partial charge on any atom is -0.359 e. The molecule has 2 rings (SSSR count). The second-order valence-corrected chi connectivity index (χ2v) is 6.38. The van der Waals surface area contributed by atoms with Crippen molar-refractivity contribution in [2.75, 3.05) is 27.2 Å². The zero-order valence-electron chi connectivity index (χ0n) is 15.2. The predicted octanol–water partition coefficient (Wildman–Crippen LogP) is 1.36. The number of halogens is 3. The van der Waals surface area contributed by atoms with Crippen LogP contribution in [0.1, 0.15) is 30.5 Å². The summed E-state index contributed by atoms with van der Waals surface area (Å²) in [4.78, 5) is 17.6. The summed E-state index contributed by atoms with van der Waals surface area (Å²) in [6, 6.07) is 0. The average molecular weight is 374 g/mol. The van der Waals surface area contributed by atoms with Gasteiger partial charge < -0.3 is 15.5 Å². The Morgan fingerprint density at radius 3 is 2.58 bits per heavy atom. The van der Waals surface area contributed by atoms with Crippen LogP contribution in [0.15, 0.2) is 11.2 Å². The number of aryl methyl sites for hydroxylation is 1. The third kappa shape index (κ3) is 5.12. The highest BCUT2D eigenvalue weighted by Gasteiger charge is 2.37. The molecule has 1 aromatic heterocycles. The molecular formula is C16H25F3N6O. The van der Waals surface area contributed by atoms with Gasteiger partial charge in [0.2, 0.25) is 5.91 Å². The van der Waals surface area contributed by atoms with Crippen molar-refractivity contribution in [3.8, 4) is 0 Å². The van der Waals surface area contributed by atoms with Crippen molar-refractivity contribution in [3.05, 3.63) is 17.5 Å². The second-order valence-electron chi connectivity index (χ2n) is 6.38. The number of alkyl halides is 3. The molecule has 1 aliphatic rings. The van der Waals surface area contributed by atoms with E-state index in [4.69, 9.17) is 0 Å². The van der Waals surface area contributed by atoms with E-state index in [0.29, 0.717) is 31.4 Å². The molecule has 1 aliphatic heterocycles. The van der Waals surface area contributed by atoms with Gasteiger partial charge in [-0.1, -0.05) is 0 Å². The zero-order chi connectivity index (χ0) is 19.3. The lowest BCUT2D eigenvalue weighted by Crippen LogP contribution is -2.45. The number of piperidine rings is 1. The van der Waals surface area contributed by atoms with Crippen molar-refractivity contribution in [3.63, 3.8) is 0 Å². The number of amides is 1. The first-order valence-electron chi connectivity index (χ1n) is 8.50. The molecule has 2 N–H and O–H groups in total. The molecule has 0 atom stereocenters. The van der Waals surface area contributed by atoms with E-state index in [9.17, 15) is 18.0 Å². The fourth-order valence-electron chi connectivity index (χ4n) is 3.13. The Hall–Kier alpha value is -2.26. The van der Waals surface area contributed by atoms with E-state index in [1.807, 2.05) is 4.90 Å². The molecular weight excluding hydrogens is 349 g/mol. The standard InChI is InChI=1S/C16H25F3N6O/c1-20-13(26)8-11-4-6-25(7-5-11)15(21-2)22-9-12-10-24(3)23-14(12)16(17,18)19/h10-11H,4-9H2,1-3H3,(H,20,26)(H,21,22). The molecule has 0 unspecified atom stereocenters. The number of nitrogens with one attached hydrogen (secondary N) is 2. The van der Waals surface area contributed by atoms with Crippen LogP contribution in [0.5, 0.6) is 0 Å². The molecule has 2 heterocycles. The van der Waals surface area contributed by atoms with Crippen LogP contribution in [0.2, 0.25) is 0 Å². The van der Waals surface area contributed by atoms with Gasteiger partial charge in [0.05, 0.1) is 0 Å². The SMILES string of the molecule is CN=C(NCc1cn(C)nc1C(F)(F)F)N1CCC(CC(=O)NC)CC1. The lowest BCUT2D eigenvalue weighted by Gasteiger charge is -2.34. The number of rotatable bonds is 4. The molecule has 0 aromatic carbocycles. The predicted molar refractivity (Wildman–Crippen MR) is 91.4 cm³/mol. The normalized spacial score (nSPS) is 16.7. The van der Waals surface area contributed by atoms with Crippen molar-refractivity contribution in [1.82, 2.24) is 25.3 Å². The summed E-state index contributed by atoms with van der Waals surface area (Å²) < 4.78 is 40.2. The van der Waals surface area contributed by atoms with Crippen LogP contribution in [0.25, 0.3) is 0 Å². The molecule has 1 amide bonds. The third-order valence-electron chi connectivity index (χ3n) is 4.49. The quantitative estimate of drug-likeness (QED) is 0.617. The van der Waals surface area contributed by atoms with Gasteiger partial charge in [-0.15, -0.1) is 0 Å². The first kappa shape index (κ1) is 20.1. The Kier molecular flexibility index (Phi) is 6.49. The Labute approximate surface area is 150 Å². The molecule has 0 bridgehead atoms. The first-order valence-corrected chi connectivity index (χ1v) is 8.50. The van der Waals surface area contributed by atoms with Crippen LogP contribution in [0.3, 0.4) is 0 Å². The molecule has 10 heteroatoms. The smallest absolute Gasteiger partial charge is 0.359 e. The van der Waals surface area contributed by atoms with Crippen LogP contribution in [-0.2, 0) is 24.6 Å². The number of carbonyl (C=O) groups is 1. The molecule has 0 aliphatic carbocycles. The van der Waals surface area contributed by atoms with Gasteiger partial charge in [-0.3, -0.25) is 14.5 Å². The molecule has 146 valence electrons. The third-order valence-corrected chi connectivity index (χ3v) is 4.49. The second kappa shape index (κ2) is 8.41. The number of guanidine groups is 1. The lowest BCUT2D eigenvalue weighted by atomic mass is 9.93. The number of aliphatic imine (C=N–C) groups is 1. The fourth-order valence-corrected chi connectivity index (χ4v) is 3.13. The monoisotopic (exact) mass is 374 g/mol. The van der Waals surface area contributed by atoms with Gasteiger partial charge in [-0.2, -0.15) is 18.3 Å². The number of likely N-dealkylation sites (tertiary alicyclic amines) is 1. The Morgan fingerprint density at radius 1 is 1.38 bits per heavy atom. The highest BCUT2D eigenvalue weighted by Crippen LogP contribution is 2.30. The molecule has 1 aromatic rings. The summed E-state index contributed by atoms with van der Waals surface area (Å²) in [6.45, 7) is 1.41. The molecule has 26 heavy (non-hydrogen) atoms. The van der Waals surface area contributed by atoms with Crippen LogP contribution in [0, 0.1) is 5.92 Å². The maximum Gasteiger partial charge on any atom is 0.435 e. The minimum atomic E-state index is -4.49. The van der Waals surface area contributed by atoms with E-state index in [1.54, 1.807) is 14.1 Å². The first-order chi connectivity index (χ1) is 12.2. The molecule has 1 fully saturated rings. The topological polar surface area (TPSA) is 74.5 Å². The van der Waals surface area contributed by atoms with Crippen molar-refractivity contribution in [1.29, 1.82) is 0 Å². The Bertz CT molecular complexity index is 647. The highest BCUT2D eigenvalue weighted by molar-refractivity contribution is 5.80. The summed E-state index contributed by atoms with van der Waals surface area (Å²) in [5.41, 5.74) is -0.803. The van der Waals surface area contributed by atoms with Crippen molar-refractivity contribution in [2.45, 2.75) is 32.0 Å². The van der Waals surface area contributed by atoms with Gasteiger partial charge in [-0.25, -0.2) is 0 Å². The Balaban J connectivity index is 1.93. The van der Waals surface area contributed by atoms with Crippen LogP contribution < -0.4 is 10.6 Å². The Morgan fingerprint density at radius 2 is 2.04 bits per heavy atom. The number of hydrogen-bond donors (Lipinski definition) is 2. The number of carbonyl (C=O) groups excluding carboxylic acids is 1. The van der Waals surface area contributed by atoms with Crippen LogP contribution >= 0.6 is 0 Å². The van der Waals surface area contributed by atoms with Gasteiger partial charge in [-0.05, 0) is 18.8 Å². The van der Waals surface area contributed by atoms with Crippen molar-refractivity contribution < 1.29 is 18.0 Å². The summed E-state index contributed by atoms with van der Waals surface area (Å²) in [6.07, 6.45) is -0.941. The fraction of sp³-hybridized carbons (Fsp3) is 0.688. The molecule has 7 nitrogen and oxygen atoms in total. The summed E-state index contributed by atoms with van der Waals surface area (Å²) in [5.74, 6) is 0.905. The maximum atomic E-state index is 13.0. The van der Waals surface area contributed by atoms with E-state index in [1.165, 1.54) is 13.2 Å². The summed E-state index contributed by atoms with van der Waals surface area (Å²) >= 11 is 0. The maximum absolute atomic E-state index is 13.0. The summed E-state index contributed by atoms with van der Waals surface area (Å²) in [7, 11) is 4.69. The van der Waals surface area contributed by atoms with E-state index >= 15 is 0 Å². The van der Waals surface area contributed by atoms with Crippen molar-refractivity contribution in [2.24, 2.45) is 18.0 Å². The van der Waals surface area contributed by atoms with Gasteiger partial charge in [0, 0.05) is 59.0 Å². The van der Waals surface area contributed by atoms with Crippen molar-refractivity contribution >= 4 is 11.9 Å². The molecule has 0 saturated carbocycles. The van der Waals surface area contributed by atoms with Gasteiger partial charge in [0.15, 0.2) is 11.7 Å². The van der Waals surface area contributed by atoms with E-state index < -0.39 is 11.9 Å². The highest BCUT2D eigenvalue weighted by atomic mass is 19.4. The largest absolute Gasteiger partial charge is 0.435 e. The van der Waals surface area contributed by atoms with E-state index in [0.717, 1.165) is 17.5 Å².